The molecule has 4 fully saturated rings. The zero-order valence-electron chi connectivity index (χ0n) is 19.9. The van der Waals surface area contributed by atoms with Crippen LogP contribution >= 0.6 is 0 Å². The summed E-state index contributed by atoms with van der Waals surface area (Å²) >= 11 is 0. The van der Waals surface area contributed by atoms with E-state index in [2.05, 4.69) is 18.1 Å². The van der Waals surface area contributed by atoms with Crippen LogP contribution < -0.4 is 4.74 Å². The lowest BCUT2D eigenvalue weighted by molar-refractivity contribution is -0.150. The van der Waals surface area contributed by atoms with E-state index >= 15 is 0 Å². The van der Waals surface area contributed by atoms with Crippen LogP contribution in [0.3, 0.4) is 0 Å². The Morgan fingerprint density at radius 2 is 1.82 bits per heavy atom. The number of hydrogen-bond acceptors (Lipinski definition) is 4. The number of ether oxygens (including phenoxy) is 3. The Kier molecular flexibility index (Phi) is 6.14. The Hall–Kier alpha value is -2.81. The molecule has 1 N–H and O–H groups in total. The van der Waals surface area contributed by atoms with Gasteiger partial charge in [0.1, 0.15) is 5.75 Å². The second kappa shape index (κ2) is 9.09. The third-order valence-electron chi connectivity index (χ3n) is 8.19. The van der Waals surface area contributed by atoms with Crippen molar-refractivity contribution in [3.05, 3.63) is 53.1 Å². The first-order chi connectivity index (χ1) is 16.4. The summed E-state index contributed by atoms with van der Waals surface area (Å²) in [5, 5.41) is 9.61. The third kappa shape index (κ3) is 4.10. The number of terminal acetylenes is 1. The standard InChI is InChI=1S/C29H32O5/c1-4-23-24(6-5-7-25(23)28(30)31)22-8-9-26(27(13-22)34-17-33-18(2)32-3)29-14-19-10-20(15-29)12-21(11-19)16-29/h1,5-9,13,18-21H,10-12,14-17H2,2-3H3,(H,30,31). The maximum Gasteiger partial charge on any atom is 0.336 e. The molecular formula is C29H32O5. The van der Waals surface area contributed by atoms with Gasteiger partial charge in [-0.15, -0.1) is 6.42 Å². The number of methoxy groups -OCH3 is 1. The minimum absolute atomic E-state index is 0.0784. The minimum atomic E-state index is -1.03. The Morgan fingerprint density at radius 3 is 2.41 bits per heavy atom. The molecule has 1 atom stereocenters. The topological polar surface area (TPSA) is 65.0 Å². The fourth-order valence-corrected chi connectivity index (χ4v) is 7.08. The van der Waals surface area contributed by atoms with Crippen molar-refractivity contribution < 1.29 is 24.1 Å². The zero-order valence-corrected chi connectivity index (χ0v) is 19.9. The van der Waals surface area contributed by atoms with Gasteiger partial charge in [-0.1, -0.05) is 30.2 Å². The largest absolute Gasteiger partial charge is 0.478 e. The molecule has 0 radical (unpaired) electrons. The van der Waals surface area contributed by atoms with Crippen LogP contribution in [0, 0.1) is 30.1 Å². The van der Waals surface area contributed by atoms with Crippen LogP contribution in [0.25, 0.3) is 11.1 Å². The van der Waals surface area contributed by atoms with Crippen molar-refractivity contribution in [1.82, 2.24) is 0 Å². The molecule has 2 aromatic carbocycles. The maximum atomic E-state index is 11.7. The Bertz CT molecular complexity index is 1090. The van der Waals surface area contributed by atoms with Crippen LogP contribution in [0.2, 0.25) is 0 Å². The van der Waals surface area contributed by atoms with Gasteiger partial charge in [0.25, 0.3) is 0 Å². The summed E-state index contributed by atoms with van der Waals surface area (Å²) in [6.07, 6.45) is 13.1. The summed E-state index contributed by atoms with van der Waals surface area (Å²) in [7, 11) is 1.60. The van der Waals surface area contributed by atoms with Crippen molar-refractivity contribution in [3.63, 3.8) is 0 Å². The molecule has 0 aromatic heterocycles. The number of benzene rings is 2. The van der Waals surface area contributed by atoms with E-state index in [0.717, 1.165) is 34.6 Å². The van der Waals surface area contributed by atoms with E-state index in [1.807, 2.05) is 19.1 Å². The predicted octanol–water partition coefficient (Wildman–Crippen LogP) is 5.85. The molecule has 5 heteroatoms. The maximum absolute atomic E-state index is 11.7. The van der Waals surface area contributed by atoms with Gasteiger partial charge in [-0.05, 0) is 91.9 Å². The fourth-order valence-electron chi connectivity index (χ4n) is 7.08. The summed E-state index contributed by atoms with van der Waals surface area (Å²) in [5.41, 5.74) is 3.47. The number of carboxylic acids is 1. The van der Waals surface area contributed by atoms with Gasteiger partial charge in [-0.3, -0.25) is 0 Å². The molecule has 1 unspecified atom stereocenters. The molecule has 2 aromatic rings. The quantitative estimate of drug-likeness (QED) is 0.396. The van der Waals surface area contributed by atoms with Crippen molar-refractivity contribution in [2.45, 2.75) is 57.2 Å². The summed E-state index contributed by atoms with van der Waals surface area (Å²) < 4.78 is 17.1. The number of carbonyl (C=O) groups is 1. The van der Waals surface area contributed by atoms with E-state index in [1.54, 1.807) is 19.2 Å². The molecule has 4 saturated carbocycles. The van der Waals surface area contributed by atoms with E-state index in [-0.39, 0.29) is 24.1 Å². The van der Waals surface area contributed by atoms with Gasteiger partial charge < -0.3 is 19.3 Å². The summed E-state index contributed by atoms with van der Waals surface area (Å²) in [4.78, 5) is 11.7. The second-order valence-electron chi connectivity index (χ2n) is 10.3. The Morgan fingerprint density at radius 1 is 1.15 bits per heavy atom. The predicted molar refractivity (Wildman–Crippen MR) is 130 cm³/mol. The highest BCUT2D eigenvalue weighted by molar-refractivity contribution is 5.94. The molecule has 4 aliphatic rings. The van der Waals surface area contributed by atoms with Crippen LogP contribution in [-0.4, -0.2) is 31.3 Å². The van der Waals surface area contributed by atoms with Gasteiger partial charge in [0.2, 0.25) is 0 Å². The van der Waals surface area contributed by atoms with Gasteiger partial charge in [0, 0.05) is 18.2 Å². The minimum Gasteiger partial charge on any atom is -0.478 e. The molecule has 34 heavy (non-hydrogen) atoms. The number of carboxylic acid groups (broad SMARTS) is 1. The average Bonchev–Trinajstić information content (AvgIpc) is 2.82. The Labute approximate surface area is 201 Å². The molecule has 6 rings (SSSR count). The first kappa shape index (κ1) is 23.0. The molecule has 4 aliphatic carbocycles. The van der Waals surface area contributed by atoms with Gasteiger partial charge in [-0.25, -0.2) is 4.79 Å². The van der Waals surface area contributed by atoms with Gasteiger partial charge in [0.15, 0.2) is 13.1 Å². The van der Waals surface area contributed by atoms with Crippen molar-refractivity contribution in [1.29, 1.82) is 0 Å². The molecule has 4 bridgehead atoms. The van der Waals surface area contributed by atoms with E-state index in [4.69, 9.17) is 20.6 Å². The highest BCUT2D eigenvalue weighted by atomic mass is 16.7. The number of aromatic carboxylic acids is 1. The van der Waals surface area contributed by atoms with E-state index in [9.17, 15) is 9.90 Å². The number of rotatable bonds is 8. The van der Waals surface area contributed by atoms with E-state index in [1.165, 1.54) is 44.1 Å². The van der Waals surface area contributed by atoms with Crippen LogP contribution in [0.4, 0.5) is 0 Å². The van der Waals surface area contributed by atoms with Gasteiger partial charge >= 0.3 is 5.97 Å². The molecule has 178 valence electrons. The molecule has 5 nitrogen and oxygen atoms in total. The van der Waals surface area contributed by atoms with Gasteiger partial charge in [0.05, 0.1) is 5.56 Å². The van der Waals surface area contributed by atoms with Crippen molar-refractivity contribution in [2.75, 3.05) is 13.9 Å². The molecule has 0 saturated heterocycles. The molecular weight excluding hydrogens is 428 g/mol. The average molecular weight is 461 g/mol. The summed E-state index contributed by atoms with van der Waals surface area (Å²) in [6.45, 7) is 1.91. The SMILES string of the molecule is C#Cc1c(C(=O)O)cccc1-c1ccc(C23CC4CC(CC(C4)C2)C3)c(OCOC(C)OC)c1. The highest BCUT2D eigenvalue weighted by Gasteiger charge is 2.52. The molecule has 0 heterocycles. The highest BCUT2D eigenvalue weighted by Crippen LogP contribution is 2.62. The summed E-state index contributed by atoms with van der Waals surface area (Å²) in [6, 6.07) is 11.4. The van der Waals surface area contributed by atoms with E-state index in [0.29, 0.717) is 5.56 Å². The lowest BCUT2D eigenvalue weighted by Crippen LogP contribution is -2.48. The second-order valence-corrected chi connectivity index (χ2v) is 10.3. The van der Waals surface area contributed by atoms with Crippen LogP contribution in [0.5, 0.6) is 5.75 Å². The van der Waals surface area contributed by atoms with Crippen molar-refractivity contribution >= 4 is 5.97 Å². The lowest BCUT2D eigenvalue weighted by Gasteiger charge is -2.57. The van der Waals surface area contributed by atoms with E-state index < -0.39 is 5.97 Å². The van der Waals surface area contributed by atoms with Crippen LogP contribution in [0.1, 0.15) is 66.9 Å². The molecule has 0 amide bonds. The van der Waals surface area contributed by atoms with Crippen LogP contribution in [0.15, 0.2) is 36.4 Å². The fraction of sp³-hybridized carbons (Fsp3) is 0.483. The van der Waals surface area contributed by atoms with Crippen molar-refractivity contribution in [3.8, 4) is 29.2 Å². The zero-order chi connectivity index (χ0) is 23.9. The third-order valence-corrected chi connectivity index (χ3v) is 8.19. The van der Waals surface area contributed by atoms with Crippen molar-refractivity contribution in [2.24, 2.45) is 17.8 Å². The first-order valence-electron chi connectivity index (χ1n) is 12.2. The molecule has 0 aliphatic heterocycles. The first-order valence-corrected chi connectivity index (χ1v) is 12.2. The normalized spacial score (nSPS) is 27.9. The summed E-state index contributed by atoms with van der Waals surface area (Å²) in [5.74, 6) is 4.79. The smallest absolute Gasteiger partial charge is 0.336 e. The monoisotopic (exact) mass is 460 g/mol. The molecule has 0 spiro atoms. The Balaban J connectivity index is 1.56. The number of hydrogen-bond donors (Lipinski definition) is 1. The lowest BCUT2D eigenvalue weighted by atomic mass is 9.48. The van der Waals surface area contributed by atoms with Gasteiger partial charge in [-0.2, -0.15) is 0 Å². The van der Waals surface area contributed by atoms with Crippen LogP contribution in [-0.2, 0) is 14.9 Å².